The van der Waals surface area contributed by atoms with Gasteiger partial charge in [0.25, 0.3) is 0 Å². The largest absolute Gasteiger partial charge is 0.391 e. The molecule has 1 N–H and O–H groups in total. The van der Waals surface area contributed by atoms with Crippen molar-refractivity contribution in [1.82, 2.24) is 20.2 Å². The Morgan fingerprint density at radius 2 is 2.50 bits per heavy atom. The molecule has 0 amide bonds. The van der Waals surface area contributed by atoms with Gasteiger partial charge in [0, 0.05) is 0 Å². The van der Waals surface area contributed by atoms with E-state index in [0.717, 1.165) is 0 Å². The molecule has 1 atom stereocenters. The number of aliphatic hydroxyl groups excluding tert-OH is 1. The van der Waals surface area contributed by atoms with Crippen molar-refractivity contribution in [2.45, 2.75) is 26.0 Å². The quantitative estimate of drug-likeness (QED) is 0.601. The van der Waals surface area contributed by atoms with E-state index < -0.39 is 0 Å². The van der Waals surface area contributed by atoms with Gasteiger partial charge in [-0.15, -0.1) is 5.10 Å². The van der Waals surface area contributed by atoms with E-state index in [1.54, 1.807) is 0 Å². The van der Waals surface area contributed by atoms with Crippen LogP contribution >= 0.6 is 0 Å². The summed E-state index contributed by atoms with van der Waals surface area (Å²) in [6, 6.07) is 0. The van der Waals surface area contributed by atoms with Crippen molar-refractivity contribution in [1.29, 1.82) is 0 Å². The summed E-state index contributed by atoms with van der Waals surface area (Å²) >= 11 is 0. The Bertz CT molecular complexity index is 174. The van der Waals surface area contributed by atoms with Crippen molar-refractivity contribution in [3.63, 3.8) is 0 Å². The molecule has 1 unspecified atom stereocenters. The third-order valence-corrected chi connectivity index (χ3v) is 1.21. The third kappa shape index (κ3) is 1.77. The molecule has 0 saturated carbocycles. The highest BCUT2D eigenvalue weighted by Crippen LogP contribution is 1.91. The molecule has 0 saturated heterocycles. The molecule has 0 bridgehead atoms. The fourth-order valence-corrected chi connectivity index (χ4v) is 0.566. The molecule has 0 spiro atoms. The van der Waals surface area contributed by atoms with Crippen LogP contribution in [0, 0.1) is 6.33 Å². The molecule has 0 aromatic carbocycles. The van der Waals surface area contributed by atoms with Gasteiger partial charge in [-0.05, 0) is 16.8 Å². The standard InChI is InChI=1S/C5H9N4O/c1-2-5(10)3-9-4-6-7-8-9/h5,10H,2-3H2,1H3. The number of rotatable bonds is 3. The summed E-state index contributed by atoms with van der Waals surface area (Å²) in [5.41, 5.74) is 0. The highest BCUT2D eigenvalue weighted by molar-refractivity contribution is 4.52. The second-order valence-electron chi connectivity index (χ2n) is 2.02. The zero-order chi connectivity index (χ0) is 7.40. The Hall–Kier alpha value is -0.970. The van der Waals surface area contributed by atoms with E-state index in [1.165, 1.54) is 4.68 Å². The summed E-state index contributed by atoms with van der Waals surface area (Å²) in [4.78, 5) is 0. The first kappa shape index (κ1) is 7.14. The number of nitrogens with zero attached hydrogens (tertiary/aromatic N) is 4. The lowest BCUT2D eigenvalue weighted by Gasteiger charge is -2.03. The first-order chi connectivity index (χ1) is 4.83. The molecule has 55 valence electrons. The predicted molar refractivity (Wildman–Crippen MR) is 33.0 cm³/mol. The molecule has 0 aliphatic rings. The number of hydrogen-bond acceptors (Lipinski definition) is 4. The topological polar surface area (TPSA) is 63.8 Å². The van der Waals surface area contributed by atoms with Gasteiger partial charge in [0.1, 0.15) is 0 Å². The maximum Gasteiger partial charge on any atom is 0.221 e. The minimum absolute atomic E-state index is 0.375. The minimum atomic E-state index is -0.375. The molecular formula is C5H9N4O. The average Bonchev–Trinajstić information content (AvgIpc) is 2.40. The van der Waals surface area contributed by atoms with E-state index in [9.17, 15) is 0 Å². The van der Waals surface area contributed by atoms with Crippen LogP contribution in [0.1, 0.15) is 13.3 Å². The van der Waals surface area contributed by atoms with Gasteiger partial charge in [-0.1, -0.05) is 6.92 Å². The zero-order valence-corrected chi connectivity index (χ0v) is 5.73. The van der Waals surface area contributed by atoms with Crippen LogP contribution in [0.2, 0.25) is 0 Å². The Kier molecular flexibility index (Phi) is 2.33. The molecule has 1 aromatic rings. The first-order valence-electron chi connectivity index (χ1n) is 3.15. The van der Waals surface area contributed by atoms with Gasteiger partial charge in [-0.3, -0.25) is 0 Å². The Balaban J connectivity index is 2.40. The fraction of sp³-hybridized carbons (Fsp3) is 0.800. The second kappa shape index (κ2) is 3.26. The molecule has 0 aliphatic carbocycles. The Morgan fingerprint density at radius 1 is 1.70 bits per heavy atom. The van der Waals surface area contributed by atoms with E-state index in [-0.39, 0.29) is 6.10 Å². The zero-order valence-electron chi connectivity index (χ0n) is 5.73. The SMILES string of the molecule is CCC(O)Cn1[c]nnn1. The molecule has 1 rings (SSSR count). The summed E-state index contributed by atoms with van der Waals surface area (Å²) in [6.45, 7) is 2.32. The summed E-state index contributed by atoms with van der Waals surface area (Å²) in [7, 11) is 0. The van der Waals surface area contributed by atoms with Gasteiger partial charge in [0.15, 0.2) is 0 Å². The number of aromatic nitrogens is 4. The van der Waals surface area contributed by atoms with E-state index >= 15 is 0 Å². The van der Waals surface area contributed by atoms with Crippen molar-refractivity contribution in [3.8, 4) is 0 Å². The van der Waals surface area contributed by atoms with Crippen LogP contribution in [0.25, 0.3) is 0 Å². The van der Waals surface area contributed by atoms with Crippen LogP contribution in [0.5, 0.6) is 0 Å². The molecule has 10 heavy (non-hydrogen) atoms. The van der Waals surface area contributed by atoms with Gasteiger partial charge in [0.05, 0.1) is 12.6 Å². The Morgan fingerprint density at radius 3 is 3.00 bits per heavy atom. The molecular weight excluding hydrogens is 132 g/mol. The van der Waals surface area contributed by atoms with Crippen molar-refractivity contribution in [2.24, 2.45) is 0 Å². The number of hydrogen-bond donors (Lipinski definition) is 1. The maximum atomic E-state index is 9.09. The molecule has 5 heteroatoms. The van der Waals surface area contributed by atoms with E-state index in [4.69, 9.17) is 5.11 Å². The lowest BCUT2D eigenvalue weighted by molar-refractivity contribution is 0.144. The predicted octanol–water partition coefficient (Wildman–Crippen LogP) is -0.756. The van der Waals surface area contributed by atoms with Crippen molar-refractivity contribution in [2.75, 3.05) is 0 Å². The highest BCUT2D eigenvalue weighted by Gasteiger charge is 2.01. The highest BCUT2D eigenvalue weighted by atomic mass is 16.3. The van der Waals surface area contributed by atoms with Crippen LogP contribution in [-0.4, -0.2) is 31.4 Å². The second-order valence-corrected chi connectivity index (χ2v) is 2.02. The third-order valence-electron chi connectivity index (χ3n) is 1.21. The number of tetrazole rings is 1. The Labute approximate surface area is 58.7 Å². The van der Waals surface area contributed by atoms with Gasteiger partial charge in [0.2, 0.25) is 6.33 Å². The lowest BCUT2D eigenvalue weighted by Crippen LogP contribution is -2.15. The van der Waals surface area contributed by atoms with Crippen LogP contribution in [0.3, 0.4) is 0 Å². The van der Waals surface area contributed by atoms with Crippen LogP contribution in [0.4, 0.5) is 0 Å². The summed E-state index contributed by atoms with van der Waals surface area (Å²) in [5, 5.41) is 19.3. The lowest BCUT2D eigenvalue weighted by atomic mass is 10.3. The molecule has 5 nitrogen and oxygen atoms in total. The van der Waals surface area contributed by atoms with Gasteiger partial charge >= 0.3 is 0 Å². The summed E-state index contributed by atoms with van der Waals surface area (Å²) < 4.78 is 1.38. The maximum absolute atomic E-state index is 9.09. The monoisotopic (exact) mass is 141 g/mol. The van der Waals surface area contributed by atoms with Crippen molar-refractivity contribution >= 4 is 0 Å². The number of aliphatic hydroxyl groups is 1. The molecule has 1 heterocycles. The molecule has 1 aromatic heterocycles. The normalized spacial score (nSPS) is 13.4. The summed E-state index contributed by atoms with van der Waals surface area (Å²) in [6.07, 6.45) is 2.81. The van der Waals surface area contributed by atoms with Crippen molar-refractivity contribution in [3.05, 3.63) is 6.33 Å². The average molecular weight is 141 g/mol. The van der Waals surface area contributed by atoms with Crippen LogP contribution in [0.15, 0.2) is 0 Å². The summed E-state index contributed by atoms with van der Waals surface area (Å²) in [5.74, 6) is 0. The van der Waals surface area contributed by atoms with Crippen LogP contribution in [-0.2, 0) is 6.54 Å². The first-order valence-corrected chi connectivity index (χ1v) is 3.15. The smallest absolute Gasteiger partial charge is 0.221 e. The van der Waals surface area contributed by atoms with Gasteiger partial charge < -0.3 is 5.11 Å². The molecule has 0 aliphatic heterocycles. The van der Waals surface area contributed by atoms with E-state index in [0.29, 0.717) is 13.0 Å². The van der Waals surface area contributed by atoms with E-state index in [1.807, 2.05) is 6.92 Å². The van der Waals surface area contributed by atoms with Gasteiger partial charge in [-0.2, -0.15) is 0 Å². The van der Waals surface area contributed by atoms with E-state index in [2.05, 4.69) is 21.9 Å². The minimum Gasteiger partial charge on any atom is -0.391 e. The van der Waals surface area contributed by atoms with Crippen LogP contribution < -0.4 is 0 Å². The molecule has 0 fully saturated rings. The van der Waals surface area contributed by atoms with Gasteiger partial charge in [-0.25, -0.2) is 4.68 Å². The molecule has 1 radical (unpaired) electrons. The van der Waals surface area contributed by atoms with Crippen molar-refractivity contribution < 1.29 is 5.11 Å². The fourth-order valence-electron chi connectivity index (χ4n) is 0.566.